The van der Waals surface area contributed by atoms with E-state index < -0.39 is 10.0 Å². The highest BCUT2D eigenvalue weighted by molar-refractivity contribution is 7.89. The number of benzene rings is 1. The minimum absolute atomic E-state index is 0. The van der Waals surface area contributed by atoms with Gasteiger partial charge in [-0.15, -0.1) is 12.4 Å². The smallest absolute Gasteiger partial charge is 0.240 e. The van der Waals surface area contributed by atoms with Crippen molar-refractivity contribution in [3.63, 3.8) is 0 Å². The summed E-state index contributed by atoms with van der Waals surface area (Å²) in [6.45, 7) is 8.07. The Morgan fingerprint density at radius 2 is 1.91 bits per heavy atom. The van der Waals surface area contributed by atoms with Crippen LogP contribution < -0.4 is 10.0 Å². The zero-order valence-corrected chi connectivity index (χ0v) is 15.1. The lowest BCUT2D eigenvalue weighted by Crippen LogP contribution is -2.50. The van der Waals surface area contributed by atoms with Crippen molar-refractivity contribution in [1.29, 1.82) is 0 Å². The molecule has 1 saturated heterocycles. The molecule has 1 aromatic rings. The van der Waals surface area contributed by atoms with Crippen molar-refractivity contribution < 1.29 is 8.42 Å². The second-order valence-electron chi connectivity index (χ2n) is 6.44. The van der Waals surface area contributed by atoms with E-state index in [1.807, 2.05) is 12.1 Å². The van der Waals surface area contributed by atoms with Gasteiger partial charge in [0.1, 0.15) is 0 Å². The molecule has 2 rings (SSSR count). The highest BCUT2D eigenvalue weighted by Crippen LogP contribution is 2.17. The van der Waals surface area contributed by atoms with Crippen molar-refractivity contribution >= 4 is 22.4 Å². The Morgan fingerprint density at radius 3 is 2.45 bits per heavy atom. The largest absolute Gasteiger partial charge is 0.315 e. The third-order valence-corrected chi connectivity index (χ3v) is 5.52. The Morgan fingerprint density at radius 1 is 1.27 bits per heavy atom. The maximum absolute atomic E-state index is 12.4. The number of hydrogen-bond acceptors (Lipinski definition) is 3. The Hall–Kier alpha value is -0.620. The fourth-order valence-corrected chi connectivity index (χ4v) is 4.04. The molecular formula is C16H27ClN2O2S. The molecular weight excluding hydrogens is 320 g/mol. The van der Waals surface area contributed by atoms with Gasteiger partial charge in [0.05, 0.1) is 4.90 Å². The third-order valence-electron chi connectivity index (χ3n) is 4.01. The number of piperidine rings is 1. The van der Waals surface area contributed by atoms with E-state index in [9.17, 15) is 8.42 Å². The van der Waals surface area contributed by atoms with Gasteiger partial charge in [-0.1, -0.05) is 32.9 Å². The summed E-state index contributed by atoms with van der Waals surface area (Å²) in [7, 11) is -3.43. The van der Waals surface area contributed by atoms with Gasteiger partial charge in [0.15, 0.2) is 0 Å². The van der Waals surface area contributed by atoms with Gasteiger partial charge in [-0.25, -0.2) is 13.1 Å². The first kappa shape index (κ1) is 19.4. The second-order valence-corrected chi connectivity index (χ2v) is 8.15. The first-order chi connectivity index (χ1) is 9.88. The summed E-state index contributed by atoms with van der Waals surface area (Å²) in [5.41, 5.74) is 1.18. The van der Waals surface area contributed by atoms with Gasteiger partial charge in [0.2, 0.25) is 10.0 Å². The lowest BCUT2D eigenvalue weighted by atomic mass is 9.96. The van der Waals surface area contributed by atoms with Gasteiger partial charge in [-0.3, -0.25) is 0 Å². The molecule has 4 nitrogen and oxygen atoms in total. The molecule has 2 unspecified atom stereocenters. The number of rotatable bonds is 5. The zero-order chi connectivity index (χ0) is 15.5. The van der Waals surface area contributed by atoms with Gasteiger partial charge < -0.3 is 5.32 Å². The van der Waals surface area contributed by atoms with E-state index in [1.54, 1.807) is 12.1 Å². The molecule has 0 bridgehead atoms. The molecule has 2 N–H and O–H groups in total. The van der Waals surface area contributed by atoms with Crippen LogP contribution in [0.1, 0.15) is 32.8 Å². The van der Waals surface area contributed by atoms with E-state index in [-0.39, 0.29) is 18.4 Å². The quantitative estimate of drug-likeness (QED) is 0.861. The standard InChI is InChI=1S/C16H26N2O2S.ClH/c1-12(2)10-14-4-6-15(7-5-14)21(19,20)18-16-11-17-9-8-13(16)3;/h4-7,12-13,16-18H,8-11H2,1-3H3;1H. The van der Waals surface area contributed by atoms with Crippen LogP contribution in [0, 0.1) is 11.8 Å². The Labute approximate surface area is 140 Å². The first-order valence-electron chi connectivity index (χ1n) is 7.70. The SMILES string of the molecule is CC(C)Cc1ccc(S(=O)(=O)NC2CNCCC2C)cc1.Cl. The molecule has 1 heterocycles. The summed E-state index contributed by atoms with van der Waals surface area (Å²) in [6, 6.07) is 7.22. The molecule has 0 aromatic heterocycles. The van der Waals surface area contributed by atoms with Crippen molar-refractivity contribution in [3.05, 3.63) is 29.8 Å². The lowest BCUT2D eigenvalue weighted by molar-refractivity contribution is 0.327. The topological polar surface area (TPSA) is 58.2 Å². The van der Waals surface area contributed by atoms with E-state index in [1.165, 1.54) is 5.56 Å². The number of sulfonamides is 1. The predicted molar refractivity (Wildman–Crippen MR) is 93.0 cm³/mol. The van der Waals surface area contributed by atoms with Crippen LogP contribution in [-0.4, -0.2) is 27.5 Å². The van der Waals surface area contributed by atoms with Gasteiger partial charge in [0.25, 0.3) is 0 Å². The van der Waals surface area contributed by atoms with E-state index in [0.717, 1.165) is 19.4 Å². The summed E-state index contributed by atoms with van der Waals surface area (Å²) in [5, 5.41) is 3.24. The van der Waals surface area contributed by atoms with Crippen molar-refractivity contribution in [2.24, 2.45) is 11.8 Å². The number of hydrogen-bond donors (Lipinski definition) is 2. The molecule has 0 radical (unpaired) electrons. The molecule has 1 aliphatic heterocycles. The fourth-order valence-electron chi connectivity index (χ4n) is 2.69. The Bertz CT molecular complexity index is 558. The van der Waals surface area contributed by atoms with Crippen LogP contribution in [0.4, 0.5) is 0 Å². The van der Waals surface area contributed by atoms with E-state index >= 15 is 0 Å². The van der Waals surface area contributed by atoms with E-state index in [0.29, 0.717) is 23.3 Å². The normalized spacial score (nSPS) is 22.4. The molecule has 1 aromatic carbocycles. The van der Waals surface area contributed by atoms with Crippen LogP contribution in [0.3, 0.4) is 0 Å². The molecule has 22 heavy (non-hydrogen) atoms. The lowest BCUT2D eigenvalue weighted by Gasteiger charge is -2.30. The second kappa shape index (κ2) is 8.29. The monoisotopic (exact) mass is 346 g/mol. The molecule has 2 atom stereocenters. The van der Waals surface area contributed by atoms with Crippen LogP contribution in [0.25, 0.3) is 0 Å². The third kappa shape index (κ3) is 5.23. The summed E-state index contributed by atoms with van der Waals surface area (Å²) in [4.78, 5) is 0.354. The van der Waals surface area contributed by atoms with Crippen LogP contribution in [0.5, 0.6) is 0 Å². The van der Waals surface area contributed by atoms with Gasteiger partial charge in [-0.05, 0) is 48.9 Å². The van der Waals surface area contributed by atoms with Crippen molar-refractivity contribution in [1.82, 2.24) is 10.0 Å². The number of nitrogens with one attached hydrogen (secondary N) is 2. The molecule has 126 valence electrons. The van der Waals surface area contributed by atoms with Crippen molar-refractivity contribution in [2.45, 2.75) is 44.6 Å². The van der Waals surface area contributed by atoms with E-state index in [4.69, 9.17) is 0 Å². The first-order valence-corrected chi connectivity index (χ1v) is 9.19. The van der Waals surface area contributed by atoms with Gasteiger partial charge in [0, 0.05) is 12.6 Å². The van der Waals surface area contributed by atoms with Gasteiger partial charge >= 0.3 is 0 Å². The summed E-state index contributed by atoms with van der Waals surface area (Å²) >= 11 is 0. The van der Waals surface area contributed by atoms with Crippen LogP contribution >= 0.6 is 12.4 Å². The Balaban J connectivity index is 0.00000242. The fraction of sp³-hybridized carbons (Fsp3) is 0.625. The maximum atomic E-state index is 12.4. The minimum atomic E-state index is -3.43. The summed E-state index contributed by atoms with van der Waals surface area (Å²) in [5.74, 6) is 0.931. The van der Waals surface area contributed by atoms with Crippen LogP contribution in [0.2, 0.25) is 0 Å². The molecule has 0 saturated carbocycles. The van der Waals surface area contributed by atoms with Crippen molar-refractivity contribution in [2.75, 3.05) is 13.1 Å². The highest BCUT2D eigenvalue weighted by Gasteiger charge is 2.26. The summed E-state index contributed by atoms with van der Waals surface area (Å²) < 4.78 is 27.7. The molecule has 6 heteroatoms. The average molecular weight is 347 g/mol. The maximum Gasteiger partial charge on any atom is 0.240 e. The summed E-state index contributed by atoms with van der Waals surface area (Å²) in [6.07, 6.45) is 1.97. The minimum Gasteiger partial charge on any atom is -0.315 e. The molecule has 1 fully saturated rings. The molecule has 0 amide bonds. The predicted octanol–water partition coefficient (Wildman–Crippen LogP) is 2.58. The molecule has 0 aliphatic carbocycles. The van der Waals surface area contributed by atoms with E-state index in [2.05, 4.69) is 30.8 Å². The Kier molecular flexibility index (Phi) is 7.32. The molecule has 1 aliphatic rings. The number of halogens is 1. The van der Waals surface area contributed by atoms with Gasteiger partial charge in [-0.2, -0.15) is 0 Å². The molecule has 0 spiro atoms. The van der Waals surface area contributed by atoms with Crippen LogP contribution in [-0.2, 0) is 16.4 Å². The average Bonchev–Trinajstić information content (AvgIpc) is 2.41. The highest BCUT2D eigenvalue weighted by atomic mass is 35.5. The van der Waals surface area contributed by atoms with Crippen LogP contribution in [0.15, 0.2) is 29.2 Å². The zero-order valence-electron chi connectivity index (χ0n) is 13.5. The van der Waals surface area contributed by atoms with Crippen molar-refractivity contribution in [3.8, 4) is 0 Å².